The fourth-order valence-electron chi connectivity index (χ4n) is 3.92. The maximum absolute atomic E-state index is 12.9. The molecule has 0 aromatic heterocycles. The van der Waals surface area contributed by atoms with E-state index < -0.39 is 0 Å². The van der Waals surface area contributed by atoms with Crippen LogP contribution in [-0.2, 0) is 4.79 Å². The molecule has 0 radical (unpaired) electrons. The van der Waals surface area contributed by atoms with Crippen molar-refractivity contribution in [3.8, 4) is 0 Å². The van der Waals surface area contributed by atoms with Crippen LogP contribution in [0.1, 0.15) is 85.0 Å². The van der Waals surface area contributed by atoms with Gasteiger partial charge < -0.3 is 4.90 Å². The third kappa shape index (κ3) is 4.21. The number of amides is 1. The van der Waals surface area contributed by atoms with Gasteiger partial charge in [-0.05, 0) is 25.2 Å². The molecule has 0 aromatic rings. The Hall–Kier alpha value is -0.570. The lowest BCUT2D eigenvalue weighted by Crippen LogP contribution is -2.47. The molecule has 1 heterocycles. The number of carbonyl (C=O) groups excluding carboxylic acids is 1. The second-order valence-corrected chi connectivity index (χ2v) is 7.29. The molecule has 0 bridgehead atoms. The van der Waals surface area contributed by atoms with Crippen molar-refractivity contribution < 1.29 is 4.79 Å². The van der Waals surface area contributed by atoms with Gasteiger partial charge in [0, 0.05) is 6.04 Å². The summed E-state index contributed by atoms with van der Waals surface area (Å²) in [6.45, 7) is 6.68. The van der Waals surface area contributed by atoms with Crippen LogP contribution in [-0.4, -0.2) is 29.1 Å². The van der Waals surface area contributed by atoms with Crippen LogP contribution in [0.2, 0.25) is 0 Å². The molecule has 1 N–H and O–H groups in total. The first-order valence-corrected chi connectivity index (χ1v) is 9.23. The molecule has 1 saturated carbocycles. The van der Waals surface area contributed by atoms with Crippen molar-refractivity contribution in [1.82, 2.24) is 10.2 Å². The lowest BCUT2D eigenvalue weighted by atomic mass is 9.94. The second-order valence-electron chi connectivity index (χ2n) is 7.29. The molecule has 1 amide bonds. The van der Waals surface area contributed by atoms with E-state index in [9.17, 15) is 4.79 Å². The van der Waals surface area contributed by atoms with Crippen LogP contribution in [0.25, 0.3) is 0 Å². The van der Waals surface area contributed by atoms with E-state index in [1.54, 1.807) is 0 Å². The monoisotopic (exact) mass is 294 g/mol. The van der Waals surface area contributed by atoms with Crippen molar-refractivity contribution in [2.24, 2.45) is 5.92 Å². The van der Waals surface area contributed by atoms with Crippen LogP contribution in [0.5, 0.6) is 0 Å². The lowest BCUT2D eigenvalue weighted by Gasteiger charge is -2.35. The number of hydrogen-bond acceptors (Lipinski definition) is 2. The highest BCUT2D eigenvalue weighted by molar-refractivity contribution is 5.84. The van der Waals surface area contributed by atoms with Gasteiger partial charge in [-0.15, -0.1) is 0 Å². The van der Waals surface area contributed by atoms with Gasteiger partial charge in [0.1, 0.15) is 0 Å². The number of carbonyl (C=O) groups is 1. The number of nitrogens with one attached hydrogen (secondary N) is 1. The standard InChI is InChI=1S/C18H34N2O/c1-4-5-13-16-18(21)20(17(19-16)14(2)3)15-11-9-7-6-8-10-12-15/h14-17,19H,4-13H2,1-3H3. The summed E-state index contributed by atoms with van der Waals surface area (Å²) in [6, 6.07) is 0.548. The summed E-state index contributed by atoms with van der Waals surface area (Å²) >= 11 is 0. The smallest absolute Gasteiger partial charge is 0.241 e. The van der Waals surface area contributed by atoms with E-state index in [4.69, 9.17) is 0 Å². The highest BCUT2D eigenvalue weighted by atomic mass is 16.2. The highest BCUT2D eigenvalue weighted by Crippen LogP contribution is 2.29. The van der Waals surface area contributed by atoms with Crippen LogP contribution in [0.3, 0.4) is 0 Å². The maximum atomic E-state index is 12.9. The molecule has 2 fully saturated rings. The van der Waals surface area contributed by atoms with Crippen molar-refractivity contribution in [1.29, 1.82) is 0 Å². The Bertz CT molecular complexity index is 321. The van der Waals surface area contributed by atoms with Crippen LogP contribution in [0.15, 0.2) is 0 Å². The maximum Gasteiger partial charge on any atom is 0.241 e. The summed E-state index contributed by atoms with van der Waals surface area (Å²) in [6.07, 6.45) is 12.6. The van der Waals surface area contributed by atoms with Crippen molar-refractivity contribution in [3.05, 3.63) is 0 Å². The molecule has 0 spiro atoms. The summed E-state index contributed by atoms with van der Waals surface area (Å²) < 4.78 is 0. The quantitative estimate of drug-likeness (QED) is 0.829. The van der Waals surface area contributed by atoms with Crippen LogP contribution in [0, 0.1) is 5.92 Å². The van der Waals surface area contributed by atoms with Gasteiger partial charge in [0.15, 0.2) is 0 Å². The van der Waals surface area contributed by atoms with Crippen LogP contribution < -0.4 is 5.32 Å². The van der Waals surface area contributed by atoms with Gasteiger partial charge in [-0.2, -0.15) is 0 Å². The molecule has 1 aliphatic carbocycles. The molecule has 0 aromatic carbocycles. The zero-order valence-corrected chi connectivity index (χ0v) is 14.2. The van der Waals surface area contributed by atoms with Gasteiger partial charge in [0.05, 0.1) is 12.2 Å². The number of unbranched alkanes of at least 4 members (excludes halogenated alkanes) is 1. The Balaban J connectivity index is 2.07. The minimum absolute atomic E-state index is 0.0720. The summed E-state index contributed by atoms with van der Waals surface area (Å²) in [5, 5.41) is 3.63. The third-order valence-corrected chi connectivity index (χ3v) is 5.17. The highest BCUT2D eigenvalue weighted by Gasteiger charge is 2.42. The van der Waals surface area contributed by atoms with E-state index in [1.807, 2.05) is 0 Å². The van der Waals surface area contributed by atoms with E-state index in [1.165, 1.54) is 51.4 Å². The molecule has 3 nitrogen and oxygen atoms in total. The SMILES string of the molecule is CCCCC1NC(C(C)C)N(C2CCCCCCC2)C1=O. The van der Waals surface area contributed by atoms with Crippen molar-refractivity contribution in [2.75, 3.05) is 0 Å². The van der Waals surface area contributed by atoms with Gasteiger partial charge in [0.2, 0.25) is 5.91 Å². The Morgan fingerprint density at radius 3 is 2.33 bits per heavy atom. The Morgan fingerprint density at radius 1 is 1.14 bits per heavy atom. The summed E-state index contributed by atoms with van der Waals surface area (Å²) in [7, 11) is 0. The van der Waals surface area contributed by atoms with Crippen LogP contribution >= 0.6 is 0 Å². The molecule has 2 rings (SSSR count). The van der Waals surface area contributed by atoms with Crippen molar-refractivity contribution >= 4 is 5.91 Å². The average molecular weight is 294 g/mol. The first kappa shape index (κ1) is 16.8. The second kappa shape index (κ2) is 8.17. The minimum Gasteiger partial charge on any atom is -0.323 e. The normalized spacial score (nSPS) is 29.0. The fourth-order valence-corrected chi connectivity index (χ4v) is 3.92. The Kier molecular flexibility index (Phi) is 6.53. The molecule has 1 saturated heterocycles. The van der Waals surface area contributed by atoms with Crippen LogP contribution in [0.4, 0.5) is 0 Å². The summed E-state index contributed by atoms with van der Waals surface area (Å²) in [5.74, 6) is 0.874. The van der Waals surface area contributed by atoms with E-state index in [2.05, 4.69) is 31.0 Å². The molecule has 3 heteroatoms. The van der Waals surface area contributed by atoms with Gasteiger partial charge in [-0.3, -0.25) is 10.1 Å². The average Bonchev–Trinajstić information content (AvgIpc) is 2.74. The van der Waals surface area contributed by atoms with Gasteiger partial charge in [-0.1, -0.05) is 65.7 Å². The number of rotatable bonds is 5. The van der Waals surface area contributed by atoms with Gasteiger partial charge in [-0.25, -0.2) is 0 Å². The molecule has 2 aliphatic rings. The van der Waals surface area contributed by atoms with E-state index in [-0.39, 0.29) is 12.2 Å². The van der Waals surface area contributed by atoms with Gasteiger partial charge in [0.25, 0.3) is 0 Å². The first-order valence-electron chi connectivity index (χ1n) is 9.23. The van der Waals surface area contributed by atoms with E-state index in [0.29, 0.717) is 17.9 Å². The van der Waals surface area contributed by atoms with Crippen molar-refractivity contribution in [3.63, 3.8) is 0 Å². The lowest BCUT2D eigenvalue weighted by molar-refractivity contribution is -0.133. The molecule has 1 aliphatic heterocycles. The zero-order valence-electron chi connectivity index (χ0n) is 14.2. The number of hydrogen-bond donors (Lipinski definition) is 1. The third-order valence-electron chi connectivity index (χ3n) is 5.17. The minimum atomic E-state index is 0.0720. The predicted molar refractivity (Wildman–Crippen MR) is 88.0 cm³/mol. The Morgan fingerprint density at radius 2 is 1.76 bits per heavy atom. The van der Waals surface area contributed by atoms with E-state index in [0.717, 1.165) is 12.8 Å². The molecule has 21 heavy (non-hydrogen) atoms. The van der Waals surface area contributed by atoms with E-state index >= 15 is 0 Å². The fraction of sp³-hybridized carbons (Fsp3) is 0.944. The predicted octanol–water partition coefficient (Wildman–Crippen LogP) is 4.07. The molecule has 122 valence electrons. The number of nitrogens with zero attached hydrogens (tertiary/aromatic N) is 1. The summed E-state index contributed by atoms with van der Waals surface area (Å²) in [5.41, 5.74) is 0. The Labute approximate surface area is 130 Å². The molecule has 2 unspecified atom stereocenters. The molecular formula is C18H34N2O. The zero-order chi connectivity index (χ0) is 15.2. The van der Waals surface area contributed by atoms with Crippen molar-refractivity contribution in [2.45, 2.75) is 103 Å². The summed E-state index contributed by atoms with van der Waals surface area (Å²) in [4.78, 5) is 15.1. The first-order chi connectivity index (χ1) is 10.1. The molecule has 2 atom stereocenters. The van der Waals surface area contributed by atoms with Gasteiger partial charge >= 0.3 is 0 Å². The topological polar surface area (TPSA) is 32.3 Å². The molecular weight excluding hydrogens is 260 g/mol. The largest absolute Gasteiger partial charge is 0.323 e.